The molecule has 0 saturated heterocycles. The number of rotatable bonds is 6. The molecule has 9 heteroatoms. The van der Waals surface area contributed by atoms with Crippen molar-refractivity contribution in [3.8, 4) is 0 Å². The molecule has 6 nitrogen and oxygen atoms in total. The number of ether oxygens (including phenoxy) is 1. The number of carbonyl (C=O) groups excluding carboxylic acids is 1. The summed E-state index contributed by atoms with van der Waals surface area (Å²) >= 11 is 0. The Morgan fingerprint density at radius 3 is 2.75 bits per heavy atom. The molecule has 0 spiro atoms. The summed E-state index contributed by atoms with van der Waals surface area (Å²) < 4.78 is 45.3. The number of alkyl halides is 3. The average Bonchev–Trinajstić information content (AvgIpc) is 2.91. The van der Waals surface area contributed by atoms with Crippen LogP contribution in [0.4, 0.5) is 18.9 Å². The maximum Gasteiger partial charge on any atom is 0.449 e. The highest BCUT2D eigenvalue weighted by atomic mass is 19.4. The number of nitrogens with zero attached hydrogens (tertiary/aromatic N) is 2. The number of hydrogen-bond donors (Lipinski definition) is 2. The Balaban J connectivity index is 2.38. The molecule has 1 heterocycles. The van der Waals surface area contributed by atoms with Gasteiger partial charge < -0.3 is 19.7 Å². The Morgan fingerprint density at radius 2 is 2.17 bits per heavy atom. The lowest BCUT2D eigenvalue weighted by molar-refractivity contribution is -0.147. The third-order valence-electron chi connectivity index (χ3n) is 3.39. The molecule has 0 amide bonds. The molecule has 0 aliphatic rings. The molecule has 132 valence electrons. The van der Waals surface area contributed by atoms with Crippen LogP contribution in [0.2, 0.25) is 0 Å². The largest absolute Gasteiger partial charge is 0.465 e. The van der Waals surface area contributed by atoms with Crippen molar-refractivity contribution < 1.29 is 27.8 Å². The van der Waals surface area contributed by atoms with Gasteiger partial charge in [-0.2, -0.15) is 13.2 Å². The van der Waals surface area contributed by atoms with Gasteiger partial charge in [0.1, 0.15) is 6.54 Å². The number of carbonyl (C=O) groups is 1. The number of aliphatic hydroxyl groups is 1. The molecule has 1 atom stereocenters. The molecule has 1 aromatic carbocycles. The molecular weight excluding hydrogens is 327 g/mol. The number of aromatic nitrogens is 2. The Morgan fingerprint density at radius 1 is 1.46 bits per heavy atom. The van der Waals surface area contributed by atoms with E-state index in [0.717, 1.165) is 4.57 Å². The van der Waals surface area contributed by atoms with Gasteiger partial charge >= 0.3 is 12.1 Å². The fraction of sp³-hybridized carbons (Fsp3) is 0.467. The van der Waals surface area contributed by atoms with E-state index in [9.17, 15) is 23.1 Å². The monoisotopic (exact) mass is 345 g/mol. The SMILES string of the molecule is CCOC(=O)CNc1ccc2c(c1)nc(C(F)(F)F)n2C(C)CO. The molecule has 24 heavy (non-hydrogen) atoms. The van der Waals surface area contributed by atoms with Gasteiger partial charge in [0.25, 0.3) is 0 Å². The van der Waals surface area contributed by atoms with Gasteiger partial charge in [0, 0.05) is 5.69 Å². The first-order chi connectivity index (χ1) is 11.3. The zero-order valence-corrected chi connectivity index (χ0v) is 13.2. The lowest BCUT2D eigenvalue weighted by Crippen LogP contribution is -2.19. The molecule has 0 radical (unpaired) electrons. The van der Waals surface area contributed by atoms with Gasteiger partial charge in [-0.05, 0) is 32.0 Å². The topological polar surface area (TPSA) is 76.4 Å². The van der Waals surface area contributed by atoms with Crippen molar-refractivity contribution in [2.45, 2.75) is 26.1 Å². The van der Waals surface area contributed by atoms with Gasteiger partial charge in [0.05, 0.1) is 30.3 Å². The lowest BCUT2D eigenvalue weighted by Gasteiger charge is -2.16. The predicted octanol–water partition coefficient (Wildman–Crippen LogP) is 2.58. The predicted molar refractivity (Wildman–Crippen MR) is 81.7 cm³/mol. The van der Waals surface area contributed by atoms with Crippen LogP contribution in [0.25, 0.3) is 11.0 Å². The van der Waals surface area contributed by atoms with Crippen LogP contribution in [-0.2, 0) is 15.7 Å². The van der Waals surface area contributed by atoms with E-state index in [1.54, 1.807) is 13.0 Å². The van der Waals surface area contributed by atoms with Gasteiger partial charge in [-0.25, -0.2) is 4.98 Å². The summed E-state index contributed by atoms with van der Waals surface area (Å²) in [6, 6.07) is 3.66. The van der Waals surface area contributed by atoms with Crippen LogP contribution in [0.3, 0.4) is 0 Å². The molecule has 2 N–H and O–H groups in total. The van der Waals surface area contributed by atoms with Crippen LogP contribution in [0, 0.1) is 0 Å². The second-order valence-electron chi connectivity index (χ2n) is 5.20. The summed E-state index contributed by atoms with van der Waals surface area (Å²) in [7, 11) is 0. The van der Waals surface area contributed by atoms with Crippen LogP contribution in [0.15, 0.2) is 18.2 Å². The van der Waals surface area contributed by atoms with Crippen molar-refractivity contribution in [2.24, 2.45) is 0 Å². The van der Waals surface area contributed by atoms with E-state index in [1.165, 1.54) is 19.1 Å². The van der Waals surface area contributed by atoms with Crippen molar-refractivity contribution in [1.29, 1.82) is 0 Å². The number of imidazole rings is 1. The van der Waals surface area contributed by atoms with Gasteiger partial charge in [-0.3, -0.25) is 4.79 Å². The Kier molecular flexibility index (Phi) is 5.33. The first kappa shape index (κ1) is 18.1. The molecule has 1 aromatic heterocycles. The number of nitrogens with one attached hydrogen (secondary N) is 1. The molecule has 0 aliphatic carbocycles. The van der Waals surface area contributed by atoms with E-state index >= 15 is 0 Å². The van der Waals surface area contributed by atoms with E-state index in [-0.39, 0.29) is 24.2 Å². The van der Waals surface area contributed by atoms with Crippen molar-refractivity contribution in [3.63, 3.8) is 0 Å². The Labute approximate surface area is 136 Å². The molecule has 0 fully saturated rings. The fourth-order valence-corrected chi connectivity index (χ4v) is 2.32. The van der Waals surface area contributed by atoms with Crippen LogP contribution in [0.1, 0.15) is 25.7 Å². The zero-order chi connectivity index (χ0) is 17.9. The number of anilines is 1. The third-order valence-corrected chi connectivity index (χ3v) is 3.39. The highest BCUT2D eigenvalue weighted by molar-refractivity contribution is 5.82. The number of halogens is 3. The minimum atomic E-state index is -4.64. The smallest absolute Gasteiger partial charge is 0.449 e. The molecule has 0 bridgehead atoms. The average molecular weight is 345 g/mol. The molecule has 2 rings (SSSR count). The van der Waals surface area contributed by atoms with E-state index < -0.39 is 30.6 Å². The zero-order valence-electron chi connectivity index (χ0n) is 13.2. The highest BCUT2D eigenvalue weighted by Gasteiger charge is 2.38. The van der Waals surface area contributed by atoms with Gasteiger partial charge in [0.15, 0.2) is 0 Å². The molecule has 1 unspecified atom stereocenters. The lowest BCUT2D eigenvalue weighted by atomic mass is 10.2. The molecule has 2 aromatic rings. The molecular formula is C15H18F3N3O3. The van der Waals surface area contributed by atoms with Gasteiger partial charge in [0.2, 0.25) is 5.82 Å². The first-order valence-electron chi connectivity index (χ1n) is 7.37. The van der Waals surface area contributed by atoms with E-state index in [1.807, 2.05) is 0 Å². The summed E-state index contributed by atoms with van der Waals surface area (Å²) in [5, 5.41) is 12.0. The minimum absolute atomic E-state index is 0.0980. The summed E-state index contributed by atoms with van der Waals surface area (Å²) in [6.07, 6.45) is -4.64. The Bertz CT molecular complexity index is 728. The molecule has 0 aliphatic heterocycles. The summed E-state index contributed by atoms with van der Waals surface area (Å²) in [6.45, 7) is 2.86. The number of fused-ring (bicyclic) bond motifs is 1. The molecule has 0 saturated carbocycles. The maximum atomic E-state index is 13.2. The van der Waals surface area contributed by atoms with Crippen molar-refractivity contribution in [3.05, 3.63) is 24.0 Å². The second kappa shape index (κ2) is 7.08. The second-order valence-corrected chi connectivity index (χ2v) is 5.20. The summed E-state index contributed by atoms with van der Waals surface area (Å²) in [5.74, 6) is -1.53. The standard InChI is InChI=1S/C15H18F3N3O3/c1-3-24-13(23)7-19-10-4-5-12-11(6-10)20-14(15(16,17)18)21(12)9(2)8-22/h4-6,9,19,22H,3,7-8H2,1-2H3. The van der Waals surface area contributed by atoms with E-state index in [2.05, 4.69) is 10.3 Å². The minimum Gasteiger partial charge on any atom is -0.465 e. The summed E-state index contributed by atoms with van der Waals surface area (Å²) in [4.78, 5) is 15.0. The highest BCUT2D eigenvalue weighted by Crippen LogP contribution is 2.34. The van der Waals surface area contributed by atoms with Crippen LogP contribution in [-0.4, -0.2) is 40.4 Å². The quantitative estimate of drug-likeness (QED) is 0.787. The summed E-state index contributed by atoms with van der Waals surface area (Å²) in [5.41, 5.74) is 0.827. The van der Waals surface area contributed by atoms with Crippen LogP contribution < -0.4 is 5.32 Å². The normalized spacial score (nSPS) is 13.1. The van der Waals surface area contributed by atoms with E-state index in [4.69, 9.17) is 4.74 Å². The van der Waals surface area contributed by atoms with Crippen LogP contribution >= 0.6 is 0 Å². The maximum absolute atomic E-state index is 13.2. The van der Waals surface area contributed by atoms with E-state index in [0.29, 0.717) is 5.69 Å². The number of benzene rings is 1. The number of hydrogen-bond acceptors (Lipinski definition) is 5. The van der Waals surface area contributed by atoms with Crippen molar-refractivity contribution >= 4 is 22.7 Å². The van der Waals surface area contributed by atoms with Gasteiger partial charge in [-0.1, -0.05) is 0 Å². The number of aliphatic hydroxyl groups excluding tert-OH is 1. The van der Waals surface area contributed by atoms with Crippen molar-refractivity contribution in [1.82, 2.24) is 9.55 Å². The third kappa shape index (κ3) is 3.78. The van der Waals surface area contributed by atoms with Gasteiger partial charge in [-0.15, -0.1) is 0 Å². The van der Waals surface area contributed by atoms with Crippen molar-refractivity contribution in [2.75, 3.05) is 25.1 Å². The van der Waals surface area contributed by atoms with Crippen LogP contribution in [0.5, 0.6) is 0 Å². The fourth-order valence-electron chi connectivity index (χ4n) is 2.32. The Hall–Kier alpha value is -2.29. The number of esters is 1. The first-order valence-corrected chi connectivity index (χ1v) is 7.37.